The molecular formula is C28H28F2O. The van der Waals surface area contributed by atoms with E-state index in [4.69, 9.17) is 4.74 Å². The smallest absolute Gasteiger partial charge is 0.165 e. The number of hydrogen-bond donors (Lipinski definition) is 0. The van der Waals surface area contributed by atoms with Gasteiger partial charge >= 0.3 is 0 Å². The van der Waals surface area contributed by atoms with Gasteiger partial charge in [-0.3, -0.25) is 0 Å². The molecule has 0 N–H and O–H groups in total. The van der Waals surface area contributed by atoms with Gasteiger partial charge in [0.25, 0.3) is 0 Å². The van der Waals surface area contributed by atoms with Crippen LogP contribution in [0.3, 0.4) is 0 Å². The third-order valence-electron chi connectivity index (χ3n) is 6.33. The van der Waals surface area contributed by atoms with Crippen molar-refractivity contribution in [1.82, 2.24) is 0 Å². The van der Waals surface area contributed by atoms with E-state index in [1.807, 2.05) is 49.4 Å². The van der Waals surface area contributed by atoms with Crippen molar-refractivity contribution in [3.63, 3.8) is 0 Å². The fourth-order valence-corrected chi connectivity index (χ4v) is 4.50. The normalized spacial score (nSPS) is 18.5. The standard InChI is InChI=1S/C28H28F2O/c1-3-19-5-7-20(8-6-19)23-13-15-25(26(29)17-23)22-11-9-21(10-12-22)24-14-16-28(31-4-2)27(30)18-24/h3,9-20H,1,4-8H2,2H3. The molecule has 1 aliphatic carbocycles. The molecule has 0 unspecified atom stereocenters. The first-order chi connectivity index (χ1) is 15.1. The van der Waals surface area contributed by atoms with Crippen molar-refractivity contribution < 1.29 is 13.5 Å². The number of benzene rings is 3. The maximum Gasteiger partial charge on any atom is 0.165 e. The first-order valence-electron chi connectivity index (χ1n) is 11.0. The summed E-state index contributed by atoms with van der Waals surface area (Å²) in [6, 6.07) is 18.2. The minimum Gasteiger partial charge on any atom is -0.491 e. The van der Waals surface area contributed by atoms with Crippen LogP contribution in [0.5, 0.6) is 5.75 Å². The molecule has 0 aliphatic heterocycles. The van der Waals surface area contributed by atoms with Crippen molar-refractivity contribution in [2.45, 2.75) is 38.5 Å². The molecule has 160 valence electrons. The Labute approximate surface area is 183 Å². The maximum absolute atomic E-state index is 14.9. The van der Waals surface area contributed by atoms with Crippen LogP contribution < -0.4 is 4.74 Å². The Morgan fingerprint density at radius 1 is 0.839 bits per heavy atom. The van der Waals surface area contributed by atoms with Crippen LogP contribution in [-0.2, 0) is 0 Å². The first-order valence-corrected chi connectivity index (χ1v) is 11.0. The second kappa shape index (κ2) is 9.47. The summed E-state index contributed by atoms with van der Waals surface area (Å²) in [5.41, 5.74) is 4.13. The number of rotatable bonds is 6. The fourth-order valence-electron chi connectivity index (χ4n) is 4.50. The van der Waals surface area contributed by atoms with E-state index >= 15 is 0 Å². The van der Waals surface area contributed by atoms with Crippen LogP contribution in [0.25, 0.3) is 22.3 Å². The molecule has 1 saturated carbocycles. The molecule has 31 heavy (non-hydrogen) atoms. The molecule has 3 aromatic rings. The highest BCUT2D eigenvalue weighted by atomic mass is 19.1. The molecule has 3 heteroatoms. The summed E-state index contributed by atoms with van der Waals surface area (Å²) in [6.45, 7) is 6.14. The summed E-state index contributed by atoms with van der Waals surface area (Å²) in [7, 11) is 0. The van der Waals surface area contributed by atoms with Crippen LogP contribution in [0, 0.1) is 17.6 Å². The largest absolute Gasteiger partial charge is 0.491 e. The molecule has 0 atom stereocenters. The number of hydrogen-bond acceptors (Lipinski definition) is 1. The van der Waals surface area contributed by atoms with E-state index in [0.717, 1.165) is 47.9 Å². The summed E-state index contributed by atoms with van der Waals surface area (Å²) < 4.78 is 34.4. The molecule has 0 amide bonds. The summed E-state index contributed by atoms with van der Waals surface area (Å²) in [6.07, 6.45) is 6.48. The number of ether oxygens (including phenoxy) is 1. The van der Waals surface area contributed by atoms with Crippen molar-refractivity contribution in [3.05, 3.63) is 90.5 Å². The van der Waals surface area contributed by atoms with Gasteiger partial charge in [-0.25, -0.2) is 8.78 Å². The van der Waals surface area contributed by atoms with Crippen molar-refractivity contribution in [3.8, 4) is 28.0 Å². The molecule has 3 aromatic carbocycles. The summed E-state index contributed by atoms with van der Waals surface area (Å²) in [4.78, 5) is 0. The van der Waals surface area contributed by atoms with Crippen LogP contribution in [0.2, 0.25) is 0 Å². The topological polar surface area (TPSA) is 9.23 Å². The van der Waals surface area contributed by atoms with Gasteiger partial charge in [-0.15, -0.1) is 6.58 Å². The Morgan fingerprint density at radius 3 is 2.13 bits per heavy atom. The summed E-state index contributed by atoms with van der Waals surface area (Å²) in [5.74, 6) is 0.706. The van der Waals surface area contributed by atoms with E-state index in [0.29, 0.717) is 24.0 Å². The van der Waals surface area contributed by atoms with Crippen LogP contribution in [-0.4, -0.2) is 6.61 Å². The number of halogens is 2. The molecule has 0 radical (unpaired) electrons. The lowest BCUT2D eigenvalue weighted by Crippen LogP contribution is -2.11. The number of allylic oxidation sites excluding steroid dienone is 1. The van der Waals surface area contributed by atoms with Crippen molar-refractivity contribution in [2.75, 3.05) is 6.61 Å². The summed E-state index contributed by atoms with van der Waals surface area (Å²) in [5, 5.41) is 0. The zero-order valence-corrected chi connectivity index (χ0v) is 17.9. The van der Waals surface area contributed by atoms with Gasteiger partial charge in [0.05, 0.1) is 6.61 Å². The van der Waals surface area contributed by atoms with Crippen LogP contribution in [0.15, 0.2) is 73.3 Å². The van der Waals surface area contributed by atoms with E-state index in [1.165, 1.54) is 6.07 Å². The molecule has 0 aromatic heterocycles. The first kappa shape index (κ1) is 21.3. The molecule has 0 saturated heterocycles. The van der Waals surface area contributed by atoms with Crippen LogP contribution in [0.1, 0.15) is 44.1 Å². The van der Waals surface area contributed by atoms with Crippen LogP contribution in [0.4, 0.5) is 8.78 Å². The lowest BCUT2D eigenvalue weighted by atomic mass is 9.78. The Bertz CT molecular complexity index is 1050. The Balaban J connectivity index is 1.51. The minimum atomic E-state index is -0.382. The molecular weight excluding hydrogens is 390 g/mol. The third-order valence-corrected chi connectivity index (χ3v) is 6.33. The third kappa shape index (κ3) is 4.71. The quantitative estimate of drug-likeness (QED) is 0.367. The highest BCUT2D eigenvalue weighted by Gasteiger charge is 2.21. The average molecular weight is 419 g/mol. The minimum absolute atomic E-state index is 0.191. The monoisotopic (exact) mass is 418 g/mol. The van der Waals surface area contributed by atoms with Gasteiger partial charge in [-0.1, -0.05) is 48.5 Å². The average Bonchev–Trinajstić information content (AvgIpc) is 2.81. The zero-order valence-electron chi connectivity index (χ0n) is 17.9. The van der Waals surface area contributed by atoms with Crippen LogP contribution >= 0.6 is 0 Å². The lowest BCUT2D eigenvalue weighted by molar-refractivity contribution is 0.321. The van der Waals surface area contributed by atoms with Gasteiger partial charge < -0.3 is 4.74 Å². The van der Waals surface area contributed by atoms with Crippen molar-refractivity contribution in [1.29, 1.82) is 0 Å². The second-order valence-corrected chi connectivity index (χ2v) is 8.24. The van der Waals surface area contributed by atoms with Gasteiger partial charge in [0, 0.05) is 5.56 Å². The molecule has 1 fully saturated rings. The molecule has 0 bridgehead atoms. The Hall–Kier alpha value is -2.94. The Morgan fingerprint density at radius 2 is 1.52 bits per heavy atom. The zero-order chi connectivity index (χ0) is 21.8. The Kier molecular flexibility index (Phi) is 6.50. The van der Waals surface area contributed by atoms with Gasteiger partial charge in [-0.05, 0) is 84.9 Å². The highest BCUT2D eigenvalue weighted by molar-refractivity contribution is 5.71. The lowest BCUT2D eigenvalue weighted by Gasteiger charge is -2.27. The predicted molar refractivity (Wildman–Crippen MR) is 123 cm³/mol. The van der Waals surface area contributed by atoms with Gasteiger partial charge in [0.1, 0.15) is 5.82 Å². The van der Waals surface area contributed by atoms with Crippen molar-refractivity contribution in [2.24, 2.45) is 5.92 Å². The van der Waals surface area contributed by atoms with Gasteiger partial charge in [0.15, 0.2) is 11.6 Å². The van der Waals surface area contributed by atoms with Gasteiger partial charge in [0.2, 0.25) is 0 Å². The van der Waals surface area contributed by atoms with Crippen molar-refractivity contribution >= 4 is 0 Å². The molecule has 0 spiro atoms. The molecule has 1 aliphatic rings. The summed E-state index contributed by atoms with van der Waals surface area (Å²) >= 11 is 0. The van der Waals surface area contributed by atoms with E-state index in [-0.39, 0.29) is 17.4 Å². The predicted octanol–water partition coefficient (Wildman–Crippen LogP) is 8.16. The molecule has 1 nitrogen and oxygen atoms in total. The van der Waals surface area contributed by atoms with E-state index < -0.39 is 0 Å². The molecule has 4 rings (SSSR count). The van der Waals surface area contributed by atoms with E-state index in [1.54, 1.807) is 12.1 Å². The van der Waals surface area contributed by atoms with E-state index in [9.17, 15) is 8.78 Å². The fraction of sp³-hybridized carbons (Fsp3) is 0.286. The second-order valence-electron chi connectivity index (χ2n) is 8.24. The maximum atomic E-state index is 14.9. The molecule has 0 heterocycles. The SMILES string of the molecule is C=CC1CCC(c2ccc(-c3ccc(-c4ccc(OCC)c(F)c4)cc3)c(F)c2)CC1. The highest BCUT2D eigenvalue weighted by Crippen LogP contribution is 2.37. The van der Waals surface area contributed by atoms with Gasteiger partial charge in [-0.2, -0.15) is 0 Å². The van der Waals surface area contributed by atoms with E-state index in [2.05, 4.69) is 12.6 Å².